The van der Waals surface area contributed by atoms with Gasteiger partial charge in [0.25, 0.3) is 5.91 Å². The zero-order chi connectivity index (χ0) is 22.9. The number of unbranched alkanes of at least 4 members (excludes halogenated alkanes) is 1. The van der Waals surface area contributed by atoms with Crippen molar-refractivity contribution in [1.29, 1.82) is 0 Å². The third-order valence-corrected chi connectivity index (χ3v) is 7.04. The van der Waals surface area contributed by atoms with E-state index >= 15 is 0 Å². The summed E-state index contributed by atoms with van der Waals surface area (Å²) in [6.07, 6.45) is 3.03. The van der Waals surface area contributed by atoms with Gasteiger partial charge in [0.15, 0.2) is 0 Å². The molecule has 2 aromatic carbocycles. The number of benzene rings is 2. The van der Waals surface area contributed by atoms with Crippen molar-refractivity contribution in [3.8, 4) is 5.75 Å². The van der Waals surface area contributed by atoms with Gasteiger partial charge in [-0.15, -0.1) is 0 Å². The molecule has 0 spiro atoms. The Morgan fingerprint density at radius 3 is 2.67 bits per heavy atom. The third kappa shape index (κ3) is 4.48. The summed E-state index contributed by atoms with van der Waals surface area (Å²) >= 11 is 0. The molecular weight excluding hydrogens is 414 g/mol. The smallest absolute Gasteiger partial charge is 0.258 e. The number of hydrogen-bond acceptors (Lipinski definition) is 5. The molecule has 3 heterocycles. The van der Waals surface area contributed by atoms with Gasteiger partial charge < -0.3 is 14.9 Å². The number of fused-ring (bicyclic) bond motifs is 2. The van der Waals surface area contributed by atoms with Gasteiger partial charge in [0.05, 0.1) is 11.1 Å². The van der Waals surface area contributed by atoms with Gasteiger partial charge in [-0.25, -0.2) is 0 Å². The number of amides is 1. The molecule has 174 valence electrons. The zero-order valence-corrected chi connectivity index (χ0v) is 19.6. The number of nitrogens with one attached hydrogen (secondary N) is 1. The molecule has 0 saturated carbocycles. The lowest BCUT2D eigenvalue weighted by molar-refractivity contribution is 0.0748. The van der Waals surface area contributed by atoms with E-state index in [1.165, 1.54) is 16.7 Å². The van der Waals surface area contributed by atoms with Gasteiger partial charge in [0.2, 0.25) is 0 Å². The average Bonchev–Trinajstić information content (AvgIpc) is 3.41. The number of aromatic hydroxyl groups is 1. The van der Waals surface area contributed by atoms with E-state index in [1.54, 1.807) is 6.07 Å². The number of rotatable bonds is 6. The maximum Gasteiger partial charge on any atom is 0.258 e. The number of phenolic OH excluding ortho intramolecular Hbond substituents is 1. The second-order valence-corrected chi connectivity index (χ2v) is 9.54. The summed E-state index contributed by atoms with van der Waals surface area (Å²) < 4.78 is 0. The fourth-order valence-corrected chi connectivity index (χ4v) is 4.94. The highest BCUT2D eigenvalue weighted by atomic mass is 16.3. The van der Waals surface area contributed by atoms with Crippen LogP contribution in [0.5, 0.6) is 5.75 Å². The van der Waals surface area contributed by atoms with Crippen LogP contribution in [0.3, 0.4) is 0 Å². The van der Waals surface area contributed by atoms with E-state index in [9.17, 15) is 9.90 Å². The first-order chi connectivity index (χ1) is 16.0. The van der Waals surface area contributed by atoms with Crippen LogP contribution in [0.2, 0.25) is 0 Å². The Morgan fingerprint density at radius 2 is 1.88 bits per heavy atom. The summed E-state index contributed by atoms with van der Waals surface area (Å²) in [5.41, 5.74) is 5.79. The largest absolute Gasteiger partial charge is 0.507 e. The molecule has 0 aliphatic carbocycles. The van der Waals surface area contributed by atoms with Crippen LogP contribution >= 0.6 is 0 Å². The number of hydrogen-bond donors (Lipinski definition) is 2. The number of phenols is 1. The highest BCUT2D eigenvalue weighted by molar-refractivity contribution is 6.01. The van der Waals surface area contributed by atoms with Crippen molar-refractivity contribution in [3.05, 3.63) is 58.3 Å². The summed E-state index contributed by atoms with van der Waals surface area (Å²) in [6.45, 7) is 8.66. The number of likely N-dealkylation sites (N-methyl/N-ethyl adjacent to an activating group) is 1. The molecule has 33 heavy (non-hydrogen) atoms. The van der Waals surface area contributed by atoms with Crippen molar-refractivity contribution in [2.24, 2.45) is 0 Å². The number of aromatic nitrogens is 2. The van der Waals surface area contributed by atoms with Crippen molar-refractivity contribution < 1.29 is 9.90 Å². The SMILES string of the molecule is CCCCc1[nH]nc2cc(O)c(C(=O)N3Cc4ccc(CN5CCN(C)CC5)cc4C3)cc12. The number of H-pyrrole nitrogens is 1. The first-order valence-electron chi connectivity index (χ1n) is 12.0. The molecule has 1 amide bonds. The first kappa shape index (κ1) is 21.9. The predicted molar refractivity (Wildman–Crippen MR) is 129 cm³/mol. The van der Waals surface area contributed by atoms with Crippen molar-refractivity contribution in [2.75, 3.05) is 33.2 Å². The van der Waals surface area contributed by atoms with Crippen LogP contribution in [0.4, 0.5) is 0 Å². The van der Waals surface area contributed by atoms with E-state index in [2.05, 4.69) is 52.2 Å². The maximum atomic E-state index is 13.4. The second-order valence-electron chi connectivity index (χ2n) is 9.54. The Kier molecular flexibility index (Phi) is 6.08. The molecule has 1 fully saturated rings. The molecule has 0 radical (unpaired) electrons. The topological polar surface area (TPSA) is 75.7 Å². The van der Waals surface area contributed by atoms with Crippen LogP contribution in [0.25, 0.3) is 10.9 Å². The molecule has 0 unspecified atom stereocenters. The fraction of sp³-hybridized carbons (Fsp3) is 0.462. The lowest BCUT2D eigenvalue weighted by atomic mass is 10.1. The quantitative estimate of drug-likeness (QED) is 0.605. The Balaban J connectivity index is 1.32. The Labute approximate surface area is 195 Å². The summed E-state index contributed by atoms with van der Waals surface area (Å²) in [5.74, 6) is -0.137. The standard InChI is InChI=1S/C26H33N5O2/c1-3-4-5-23-21-13-22(25(32)14-24(21)28-27-23)26(33)31-16-19-7-6-18(12-20(19)17-31)15-30-10-8-29(2)9-11-30/h6-7,12-14,32H,3-5,8-11,15-17H2,1-2H3,(H,27,28). The number of aromatic amines is 1. The molecule has 7 nitrogen and oxygen atoms in total. The van der Waals surface area contributed by atoms with Crippen LogP contribution in [0.15, 0.2) is 30.3 Å². The van der Waals surface area contributed by atoms with E-state index in [-0.39, 0.29) is 11.7 Å². The normalized spacial score (nSPS) is 17.1. The van der Waals surface area contributed by atoms with Gasteiger partial charge in [-0.1, -0.05) is 31.5 Å². The number of carbonyl (C=O) groups is 1. The molecule has 3 aromatic rings. The summed E-state index contributed by atoms with van der Waals surface area (Å²) in [4.78, 5) is 20.1. The fourth-order valence-electron chi connectivity index (χ4n) is 4.94. The summed E-state index contributed by atoms with van der Waals surface area (Å²) in [7, 11) is 2.17. The molecule has 0 atom stereocenters. The minimum absolute atomic E-state index is 0.00671. The zero-order valence-electron chi connectivity index (χ0n) is 19.6. The Bertz CT molecular complexity index is 1160. The Morgan fingerprint density at radius 1 is 1.09 bits per heavy atom. The minimum Gasteiger partial charge on any atom is -0.507 e. The highest BCUT2D eigenvalue weighted by Crippen LogP contribution is 2.31. The van der Waals surface area contributed by atoms with Crippen molar-refractivity contribution in [1.82, 2.24) is 24.9 Å². The van der Waals surface area contributed by atoms with E-state index in [1.807, 2.05) is 11.0 Å². The number of nitrogens with zero attached hydrogens (tertiary/aromatic N) is 4. The molecule has 5 rings (SSSR count). The van der Waals surface area contributed by atoms with Crippen LogP contribution in [-0.4, -0.2) is 69.1 Å². The molecule has 1 saturated heterocycles. The molecule has 7 heteroatoms. The van der Waals surface area contributed by atoms with Gasteiger partial charge in [0.1, 0.15) is 5.75 Å². The van der Waals surface area contributed by atoms with Gasteiger partial charge >= 0.3 is 0 Å². The first-order valence-corrected chi connectivity index (χ1v) is 12.0. The van der Waals surface area contributed by atoms with Crippen LogP contribution in [0, 0.1) is 0 Å². The highest BCUT2D eigenvalue weighted by Gasteiger charge is 2.27. The number of piperazine rings is 1. The van der Waals surface area contributed by atoms with Gasteiger partial charge in [-0.05, 0) is 42.6 Å². The lowest BCUT2D eigenvalue weighted by Crippen LogP contribution is -2.43. The van der Waals surface area contributed by atoms with Gasteiger partial charge in [-0.3, -0.25) is 14.8 Å². The van der Waals surface area contributed by atoms with Crippen molar-refractivity contribution in [2.45, 2.75) is 45.8 Å². The van der Waals surface area contributed by atoms with Crippen molar-refractivity contribution >= 4 is 16.8 Å². The number of aryl methyl sites for hydroxylation is 1. The van der Waals surface area contributed by atoms with Crippen molar-refractivity contribution in [3.63, 3.8) is 0 Å². The molecule has 1 aromatic heterocycles. The molecule has 0 bridgehead atoms. The average molecular weight is 448 g/mol. The van der Waals surface area contributed by atoms with E-state index in [0.717, 1.165) is 63.1 Å². The summed E-state index contributed by atoms with van der Waals surface area (Å²) in [6, 6.07) is 10.0. The third-order valence-electron chi connectivity index (χ3n) is 7.04. The predicted octanol–water partition coefficient (Wildman–Crippen LogP) is 3.51. The van der Waals surface area contributed by atoms with Gasteiger partial charge in [0, 0.05) is 63.0 Å². The second kappa shape index (κ2) is 9.15. The lowest BCUT2D eigenvalue weighted by Gasteiger charge is -2.32. The van der Waals surface area contributed by atoms with E-state index in [4.69, 9.17) is 0 Å². The van der Waals surface area contributed by atoms with E-state index in [0.29, 0.717) is 24.2 Å². The van der Waals surface area contributed by atoms with Crippen LogP contribution in [-0.2, 0) is 26.1 Å². The number of carbonyl (C=O) groups excluding carboxylic acids is 1. The van der Waals surface area contributed by atoms with Crippen LogP contribution < -0.4 is 0 Å². The molecular formula is C26H33N5O2. The van der Waals surface area contributed by atoms with Crippen LogP contribution in [0.1, 0.15) is 52.5 Å². The van der Waals surface area contributed by atoms with E-state index < -0.39 is 0 Å². The monoisotopic (exact) mass is 447 g/mol. The molecule has 2 aliphatic heterocycles. The summed E-state index contributed by atoms with van der Waals surface area (Å²) in [5, 5.41) is 18.9. The maximum absolute atomic E-state index is 13.4. The molecule has 2 aliphatic rings. The Hall–Kier alpha value is -2.90. The van der Waals surface area contributed by atoms with Gasteiger partial charge in [-0.2, -0.15) is 5.10 Å². The molecule has 2 N–H and O–H groups in total. The minimum atomic E-state index is -0.131.